The Morgan fingerprint density at radius 3 is 2.67 bits per heavy atom. The molecule has 0 fully saturated rings. The number of aromatic nitrogens is 1. The van der Waals surface area contributed by atoms with Crippen LogP contribution in [-0.4, -0.2) is 35.2 Å². The molecular weight excluding hydrogens is 242 g/mol. The van der Waals surface area contributed by atoms with Gasteiger partial charge in [-0.3, -0.25) is 4.79 Å². The van der Waals surface area contributed by atoms with Gasteiger partial charge in [0.25, 0.3) is 5.91 Å². The normalized spacial score (nSPS) is 9.67. The van der Waals surface area contributed by atoms with Gasteiger partial charge in [0.1, 0.15) is 5.69 Å². The maximum absolute atomic E-state index is 11.3. The quantitative estimate of drug-likeness (QED) is 0.688. The Morgan fingerprint density at radius 2 is 2.13 bits per heavy atom. The molecule has 1 heterocycles. The first kappa shape index (κ1) is 11.7. The summed E-state index contributed by atoms with van der Waals surface area (Å²) in [6, 6.07) is 0. The molecule has 6 nitrogen and oxygen atoms in total. The third kappa shape index (κ3) is 4.13. The number of carbonyl (C=O) groups excluding carboxylic acids is 1. The Morgan fingerprint density at radius 1 is 1.47 bits per heavy atom. The van der Waals surface area contributed by atoms with Gasteiger partial charge in [0, 0.05) is 18.5 Å². The van der Waals surface area contributed by atoms with E-state index in [1.165, 1.54) is 5.38 Å². The first-order valence-electron chi connectivity index (χ1n) is 3.95. The molecule has 0 radical (unpaired) electrons. The van der Waals surface area contributed by atoms with Crippen LogP contribution >= 0.6 is 22.9 Å². The zero-order valence-corrected chi connectivity index (χ0v) is 9.06. The molecule has 0 saturated carbocycles. The topological polar surface area (TPSA) is 91.3 Å². The number of hydrogen-bond acceptors (Lipinski definition) is 4. The molecule has 3 N–H and O–H groups in total. The number of thiazole rings is 1. The molecule has 0 atom stereocenters. The summed E-state index contributed by atoms with van der Waals surface area (Å²) in [5.41, 5.74) is 0.236. The van der Waals surface area contributed by atoms with Crippen LogP contribution < -0.4 is 10.6 Å². The van der Waals surface area contributed by atoms with Crippen molar-refractivity contribution in [1.29, 1.82) is 0 Å². The van der Waals surface area contributed by atoms with Gasteiger partial charge < -0.3 is 15.7 Å². The van der Waals surface area contributed by atoms with Crippen LogP contribution in [0.25, 0.3) is 0 Å². The Balaban J connectivity index is 2.28. The van der Waals surface area contributed by atoms with Gasteiger partial charge in [0.2, 0.25) is 0 Å². The first-order chi connectivity index (χ1) is 7.09. The zero-order valence-electron chi connectivity index (χ0n) is 7.49. The van der Waals surface area contributed by atoms with E-state index in [0.29, 0.717) is 4.47 Å². The SMILES string of the molecule is O=C(O)NCCNC(=O)c1csc(Cl)n1. The van der Waals surface area contributed by atoms with Crippen LogP contribution in [0.15, 0.2) is 5.38 Å². The number of rotatable bonds is 4. The Bertz CT molecular complexity index is 368. The molecule has 0 aliphatic heterocycles. The zero-order chi connectivity index (χ0) is 11.3. The lowest BCUT2D eigenvalue weighted by Crippen LogP contribution is -2.34. The number of carboxylic acid groups (broad SMARTS) is 1. The summed E-state index contributed by atoms with van der Waals surface area (Å²) in [4.78, 5) is 25.1. The van der Waals surface area contributed by atoms with E-state index >= 15 is 0 Å². The third-order valence-corrected chi connectivity index (χ3v) is 2.37. The van der Waals surface area contributed by atoms with Crippen LogP contribution in [0.3, 0.4) is 0 Å². The second-order valence-corrected chi connectivity index (χ2v) is 3.91. The average molecular weight is 250 g/mol. The minimum absolute atomic E-state index is 0.152. The molecule has 0 unspecified atom stereocenters. The van der Waals surface area contributed by atoms with Gasteiger partial charge in [-0.1, -0.05) is 11.6 Å². The number of halogens is 1. The Labute approximate surface area is 94.3 Å². The lowest BCUT2D eigenvalue weighted by Gasteiger charge is -2.02. The summed E-state index contributed by atoms with van der Waals surface area (Å²) in [5, 5.41) is 14.4. The standard InChI is InChI=1S/C7H8ClN3O3S/c8-6-11-4(3-15-6)5(12)9-1-2-10-7(13)14/h3,10H,1-2H2,(H,9,12)(H,13,14). The lowest BCUT2D eigenvalue weighted by molar-refractivity contribution is 0.0949. The van der Waals surface area contributed by atoms with E-state index in [0.717, 1.165) is 11.3 Å². The molecule has 8 heteroatoms. The van der Waals surface area contributed by atoms with Crippen molar-refractivity contribution in [2.24, 2.45) is 0 Å². The van der Waals surface area contributed by atoms with E-state index in [2.05, 4.69) is 15.6 Å². The molecule has 0 aliphatic rings. The molecule has 1 rings (SSSR count). The number of hydrogen-bond donors (Lipinski definition) is 3. The molecule has 82 valence electrons. The highest BCUT2D eigenvalue weighted by atomic mass is 35.5. The van der Waals surface area contributed by atoms with Crippen molar-refractivity contribution < 1.29 is 14.7 Å². The fraction of sp³-hybridized carbons (Fsp3) is 0.286. The van der Waals surface area contributed by atoms with Crippen molar-refractivity contribution in [3.8, 4) is 0 Å². The Hall–Kier alpha value is -1.34. The van der Waals surface area contributed by atoms with E-state index in [4.69, 9.17) is 16.7 Å². The van der Waals surface area contributed by atoms with Crippen molar-refractivity contribution in [3.05, 3.63) is 15.5 Å². The van der Waals surface area contributed by atoms with Crippen molar-refractivity contribution in [2.45, 2.75) is 0 Å². The van der Waals surface area contributed by atoms with Crippen LogP contribution in [-0.2, 0) is 0 Å². The maximum Gasteiger partial charge on any atom is 0.404 e. The summed E-state index contributed by atoms with van der Waals surface area (Å²) in [5.74, 6) is -0.370. The number of nitrogens with zero attached hydrogens (tertiary/aromatic N) is 1. The van der Waals surface area contributed by atoms with E-state index in [9.17, 15) is 9.59 Å². The van der Waals surface area contributed by atoms with E-state index in [-0.39, 0.29) is 24.7 Å². The third-order valence-electron chi connectivity index (χ3n) is 1.40. The van der Waals surface area contributed by atoms with Crippen molar-refractivity contribution >= 4 is 34.9 Å². The lowest BCUT2D eigenvalue weighted by atomic mass is 10.4. The molecule has 15 heavy (non-hydrogen) atoms. The van der Waals surface area contributed by atoms with Gasteiger partial charge in [0.15, 0.2) is 4.47 Å². The fourth-order valence-corrected chi connectivity index (χ4v) is 1.54. The van der Waals surface area contributed by atoms with E-state index < -0.39 is 6.09 Å². The van der Waals surface area contributed by atoms with Gasteiger partial charge >= 0.3 is 6.09 Å². The molecule has 0 spiro atoms. The van der Waals surface area contributed by atoms with Gasteiger partial charge in [-0.2, -0.15) is 0 Å². The predicted molar refractivity (Wildman–Crippen MR) is 55.5 cm³/mol. The van der Waals surface area contributed by atoms with Crippen LogP contribution in [0.4, 0.5) is 4.79 Å². The number of nitrogens with one attached hydrogen (secondary N) is 2. The minimum Gasteiger partial charge on any atom is -0.465 e. The van der Waals surface area contributed by atoms with Crippen molar-refractivity contribution in [2.75, 3.05) is 13.1 Å². The first-order valence-corrected chi connectivity index (χ1v) is 5.21. The maximum atomic E-state index is 11.3. The summed E-state index contributed by atoms with van der Waals surface area (Å²) in [7, 11) is 0. The van der Waals surface area contributed by atoms with Gasteiger partial charge in [0.05, 0.1) is 0 Å². The van der Waals surface area contributed by atoms with Gasteiger partial charge in [-0.25, -0.2) is 9.78 Å². The van der Waals surface area contributed by atoms with Gasteiger partial charge in [-0.05, 0) is 0 Å². The van der Waals surface area contributed by atoms with E-state index in [1.54, 1.807) is 0 Å². The largest absolute Gasteiger partial charge is 0.465 e. The summed E-state index contributed by atoms with van der Waals surface area (Å²) >= 11 is 6.71. The highest BCUT2D eigenvalue weighted by molar-refractivity contribution is 7.14. The van der Waals surface area contributed by atoms with E-state index in [1.807, 2.05) is 0 Å². The molecule has 0 aromatic carbocycles. The molecule has 0 saturated heterocycles. The molecule has 0 bridgehead atoms. The monoisotopic (exact) mass is 249 g/mol. The smallest absolute Gasteiger partial charge is 0.404 e. The summed E-state index contributed by atoms with van der Waals surface area (Å²) < 4.78 is 0.295. The second-order valence-electron chi connectivity index (χ2n) is 2.47. The minimum atomic E-state index is -1.12. The van der Waals surface area contributed by atoms with Crippen molar-refractivity contribution in [3.63, 3.8) is 0 Å². The predicted octanol–water partition coefficient (Wildman–Crippen LogP) is 0.794. The number of carbonyl (C=O) groups is 2. The van der Waals surface area contributed by atoms with Crippen LogP contribution in [0.2, 0.25) is 4.47 Å². The molecule has 1 aromatic rings. The molecular formula is C7H8ClN3O3S. The molecule has 2 amide bonds. The fourth-order valence-electron chi connectivity index (χ4n) is 0.792. The second kappa shape index (κ2) is 5.52. The number of amides is 2. The molecule has 1 aromatic heterocycles. The molecule has 0 aliphatic carbocycles. The summed E-state index contributed by atoms with van der Waals surface area (Å²) in [6.07, 6.45) is -1.12. The average Bonchev–Trinajstić information content (AvgIpc) is 2.59. The van der Waals surface area contributed by atoms with Crippen LogP contribution in [0.1, 0.15) is 10.5 Å². The van der Waals surface area contributed by atoms with Gasteiger partial charge in [-0.15, -0.1) is 11.3 Å². The van der Waals surface area contributed by atoms with Crippen molar-refractivity contribution in [1.82, 2.24) is 15.6 Å². The Kier molecular flexibility index (Phi) is 4.32. The highest BCUT2D eigenvalue weighted by Crippen LogP contribution is 2.14. The highest BCUT2D eigenvalue weighted by Gasteiger charge is 2.08. The van der Waals surface area contributed by atoms with Crippen LogP contribution in [0.5, 0.6) is 0 Å². The van der Waals surface area contributed by atoms with Crippen LogP contribution in [0, 0.1) is 0 Å². The summed E-state index contributed by atoms with van der Waals surface area (Å²) in [6.45, 7) is 0.360.